The molecule has 0 bridgehead atoms. The van der Waals surface area contributed by atoms with Gasteiger partial charge in [0.05, 0.1) is 7.11 Å². The highest BCUT2D eigenvalue weighted by molar-refractivity contribution is 6.25. The van der Waals surface area contributed by atoms with E-state index in [9.17, 15) is 4.79 Å². The van der Waals surface area contributed by atoms with Gasteiger partial charge in [0.25, 0.3) is 0 Å². The van der Waals surface area contributed by atoms with Gasteiger partial charge in [0.2, 0.25) is 5.06 Å². The van der Waals surface area contributed by atoms with E-state index >= 15 is 0 Å². The molecule has 0 radical (unpaired) electrons. The first kappa shape index (κ1) is 10.3. The second-order valence-corrected chi connectivity index (χ2v) is 3.31. The minimum Gasteiger partial charge on any atom is -0.497 e. The molecule has 0 amide bonds. The summed E-state index contributed by atoms with van der Waals surface area (Å²) in [7, 11) is 3.00. The second-order valence-electron chi connectivity index (χ2n) is 2.70. The molecule has 0 aromatic heterocycles. The lowest BCUT2D eigenvalue weighted by Gasteiger charge is -2.29. The number of carbonyl (C=O) groups excluding carboxylic acids is 1. The van der Waals surface area contributed by atoms with Gasteiger partial charge in [0.15, 0.2) is 0 Å². The number of halogens is 1. The smallest absolute Gasteiger partial charge is 0.202 e. The molecule has 1 atom stereocenters. The molecule has 1 aliphatic rings. The quantitative estimate of drug-likeness (QED) is 0.516. The van der Waals surface area contributed by atoms with E-state index in [1.807, 2.05) is 0 Å². The first-order valence-electron chi connectivity index (χ1n) is 3.81. The molecule has 0 aliphatic heterocycles. The van der Waals surface area contributed by atoms with Crippen molar-refractivity contribution in [2.45, 2.75) is 11.5 Å². The van der Waals surface area contributed by atoms with Crippen LogP contribution < -0.4 is 0 Å². The van der Waals surface area contributed by atoms with E-state index in [-0.39, 0.29) is 0 Å². The molecule has 1 unspecified atom stereocenters. The second kappa shape index (κ2) is 3.94. The molecule has 0 N–H and O–H groups in total. The van der Waals surface area contributed by atoms with Crippen LogP contribution in [-0.2, 0) is 14.3 Å². The summed E-state index contributed by atoms with van der Waals surface area (Å²) in [6, 6.07) is 0. The van der Waals surface area contributed by atoms with Crippen molar-refractivity contribution in [3.05, 3.63) is 23.5 Å². The fourth-order valence-electron chi connectivity index (χ4n) is 1.19. The van der Waals surface area contributed by atoms with Crippen molar-refractivity contribution in [3.8, 4) is 0 Å². The number of allylic oxidation sites excluding steroid dienone is 2. The van der Waals surface area contributed by atoms with Crippen LogP contribution in [-0.4, -0.2) is 25.6 Å². The number of methoxy groups -OCH3 is 2. The van der Waals surface area contributed by atoms with Crippen molar-refractivity contribution in [1.82, 2.24) is 0 Å². The number of aldehydes is 1. The van der Waals surface area contributed by atoms with E-state index in [4.69, 9.17) is 21.1 Å². The number of rotatable bonds is 3. The molecule has 0 aromatic rings. The van der Waals surface area contributed by atoms with Gasteiger partial charge < -0.3 is 9.47 Å². The van der Waals surface area contributed by atoms with Gasteiger partial charge in [0.1, 0.15) is 12.0 Å². The first-order valence-corrected chi connectivity index (χ1v) is 4.18. The predicted molar refractivity (Wildman–Crippen MR) is 49.4 cm³/mol. The fourth-order valence-corrected chi connectivity index (χ4v) is 1.48. The van der Waals surface area contributed by atoms with Crippen molar-refractivity contribution in [2.75, 3.05) is 14.2 Å². The van der Waals surface area contributed by atoms with Gasteiger partial charge >= 0.3 is 0 Å². The molecule has 3 nitrogen and oxygen atoms in total. The topological polar surface area (TPSA) is 35.5 Å². The summed E-state index contributed by atoms with van der Waals surface area (Å²) in [5, 5.41) is -1.03. The van der Waals surface area contributed by atoms with Crippen LogP contribution in [0.25, 0.3) is 0 Å². The normalized spacial score (nSPS) is 27.6. The van der Waals surface area contributed by atoms with Crippen LogP contribution >= 0.6 is 11.6 Å². The molecule has 0 spiro atoms. The highest BCUT2D eigenvalue weighted by atomic mass is 35.5. The Kier molecular flexibility index (Phi) is 3.12. The van der Waals surface area contributed by atoms with Gasteiger partial charge in [-0.15, -0.1) is 0 Å². The summed E-state index contributed by atoms with van der Waals surface area (Å²) in [4.78, 5) is 10.5. The minimum absolute atomic E-state index is 0.328. The Balaban J connectivity index is 2.96. The molecule has 0 heterocycles. The molecule has 1 rings (SSSR count). The van der Waals surface area contributed by atoms with Gasteiger partial charge in [-0.1, -0.05) is 17.7 Å². The Hall–Kier alpha value is -0.800. The summed E-state index contributed by atoms with van der Waals surface area (Å²) in [6.45, 7) is 0. The standard InChI is InChI=1S/C9H11ClO3/c1-12-8-4-3-7(6-11)5-9(8,10)13-2/h3-4,6H,5H2,1-2H3. The van der Waals surface area contributed by atoms with E-state index in [1.54, 1.807) is 12.2 Å². The van der Waals surface area contributed by atoms with Crippen molar-refractivity contribution in [1.29, 1.82) is 0 Å². The Bertz CT molecular complexity index is 270. The Morgan fingerprint density at radius 3 is 2.69 bits per heavy atom. The lowest BCUT2D eigenvalue weighted by Crippen LogP contribution is -2.30. The van der Waals surface area contributed by atoms with Gasteiger partial charge in [-0.05, 0) is 11.6 Å². The number of ether oxygens (including phenoxy) is 2. The van der Waals surface area contributed by atoms with Crippen LogP contribution in [0.5, 0.6) is 0 Å². The Morgan fingerprint density at radius 2 is 2.23 bits per heavy atom. The van der Waals surface area contributed by atoms with E-state index in [1.165, 1.54) is 14.2 Å². The summed E-state index contributed by atoms with van der Waals surface area (Å²) < 4.78 is 10.1. The average Bonchev–Trinajstić information content (AvgIpc) is 2.17. The van der Waals surface area contributed by atoms with Crippen LogP contribution in [0.4, 0.5) is 0 Å². The highest BCUT2D eigenvalue weighted by Crippen LogP contribution is 2.35. The minimum atomic E-state index is -1.03. The predicted octanol–water partition coefficient (Wildman–Crippen LogP) is 1.63. The van der Waals surface area contributed by atoms with Crippen molar-refractivity contribution in [3.63, 3.8) is 0 Å². The monoisotopic (exact) mass is 202 g/mol. The van der Waals surface area contributed by atoms with Crippen LogP contribution in [0.1, 0.15) is 6.42 Å². The van der Waals surface area contributed by atoms with Crippen molar-refractivity contribution in [2.24, 2.45) is 0 Å². The maximum absolute atomic E-state index is 10.5. The zero-order valence-corrected chi connectivity index (χ0v) is 8.30. The van der Waals surface area contributed by atoms with Crippen LogP contribution in [0.15, 0.2) is 23.5 Å². The molecule has 13 heavy (non-hydrogen) atoms. The Morgan fingerprint density at radius 1 is 1.54 bits per heavy atom. The third kappa shape index (κ3) is 1.92. The molecule has 0 saturated heterocycles. The largest absolute Gasteiger partial charge is 0.497 e. The SMILES string of the molecule is COC1=CC=C(C=O)CC1(Cl)OC. The number of hydrogen-bond donors (Lipinski definition) is 0. The zero-order chi connectivity index (χ0) is 9.90. The summed E-state index contributed by atoms with van der Waals surface area (Å²) in [5.41, 5.74) is 0.595. The third-order valence-corrected chi connectivity index (χ3v) is 2.42. The fraction of sp³-hybridized carbons (Fsp3) is 0.444. The third-order valence-electron chi connectivity index (χ3n) is 1.94. The molecule has 0 saturated carbocycles. The maximum Gasteiger partial charge on any atom is 0.202 e. The number of carbonyl (C=O) groups is 1. The van der Waals surface area contributed by atoms with E-state index in [2.05, 4.69) is 0 Å². The van der Waals surface area contributed by atoms with Crippen LogP contribution in [0.3, 0.4) is 0 Å². The van der Waals surface area contributed by atoms with Crippen LogP contribution in [0, 0.1) is 0 Å². The van der Waals surface area contributed by atoms with Crippen molar-refractivity contribution < 1.29 is 14.3 Å². The number of alkyl halides is 1. The summed E-state index contributed by atoms with van der Waals surface area (Å²) in [5.74, 6) is 0.516. The molecular weight excluding hydrogens is 192 g/mol. The summed E-state index contributed by atoms with van der Waals surface area (Å²) in [6.07, 6.45) is 4.41. The van der Waals surface area contributed by atoms with Gasteiger partial charge in [-0.25, -0.2) is 0 Å². The van der Waals surface area contributed by atoms with Gasteiger partial charge in [-0.3, -0.25) is 4.79 Å². The molecule has 72 valence electrons. The Labute approximate surface area is 82.0 Å². The number of hydrogen-bond acceptors (Lipinski definition) is 3. The lowest BCUT2D eigenvalue weighted by atomic mass is 10.0. The van der Waals surface area contributed by atoms with E-state index in [0.717, 1.165) is 6.29 Å². The van der Waals surface area contributed by atoms with E-state index in [0.29, 0.717) is 17.8 Å². The van der Waals surface area contributed by atoms with Crippen LogP contribution in [0.2, 0.25) is 0 Å². The molecule has 0 aromatic carbocycles. The zero-order valence-electron chi connectivity index (χ0n) is 7.54. The highest BCUT2D eigenvalue weighted by Gasteiger charge is 2.36. The van der Waals surface area contributed by atoms with Gasteiger partial charge in [-0.2, -0.15) is 0 Å². The molecule has 1 aliphatic carbocycles. The maximum atomic E-state index is 10.5. The average molecular weight is 203 g/mol. The molecule has 0 fully saturated rings. The van der Waals surface area contributed by atoms with E-state index < -0.39 is 5.06 Å². The molecule has 4 heteroatoms. The van der Waals surface area contributed by atoms with Gasteiger partial charge in [0, 0.05) is 13.5 Å². The van der Waals surface area contributed by atoms with Crippen molar-refractivity contribution >= 4 is 17.9 Å². The summed E-state index contributed by atoms with van der Waals surface area (Å²) >= 11 is 6.08. The lowest BCUT2D eigenvalue weighted by molar-refractivity contribution is -0.105. The molecular formula is C9H11ClO3. The first-order chi connectivity index (χ1) is 6.16.